The maximum absolute atomic E-state index is 5.95. The number of rotatable bonds is 3. The summed E-state index contributed by atoms with van der Waals surface area (Å²) >= 11 is 7.52. The average Bonchev–Trinajstić information content (AvgIpc) is 2.90. The van der Waals surface area contributed by atoms with Crippen LogP contribution in [0.1, 0.15) is 17.3 Å². The van der Waals surface area contributed by atoms with Crippen LogP contribution in [0.2, 0.25) is 5.02 Å². The second kappa shape index (κ2) is 4.83. The largest absolute Gasteiger partial charge is 0.444 e. The molecule has 0 radical (unpaired) electrons. The summed E-state index contributed by atoms with van der Waals surface area (Å²) < 4.78 is 6.58. The minimum Gasteiger partial charge on any atom is -0.444 e. The number of aryl methyl sites for hydroxylation is 2. The normalized spacial score (nSPS) is 11.1. The van der Waals surface area contributed by atoms with E-state index >= 15 is 0 Å². The number of hydrogen-bond donors (Lipinski definition) is 1. The Morgan fingerprint density at radius 2 is 2.16 bits per heavy atom. The van der Waals surface area contributed by atoms with E-state index in [9.17, 15) is 0 Å². The van der Waals surface area contributed by atoms with Gasteiger partial charge < -0.3 is 9.73 Å². The van der Waals surface area contributed by atoms with Crippen LogP contribution in [0.4, 0.5) is 5.13 Å². The fourth-order valence-corrected chi connectivity index (χ4v) is 2.88. The molecule has 0 aliphatic rings. The van der Waals surface area contributed by atoms with Gasteiger partial charge in [0.2, 0.25) is 5.89 Å². The van der Waals surface area contributed by atoms with Crippen molar-refractivity contribution in [1.29, 1.82) is 0 Å². The van der Waals surface area contributed by atoms with Crippen LogP contribution in [0.25, 0.3) is 10.2 Å². The zero-order valence-corrected chi connectivity index (χ0v) is 12.1. The number of benzene rings is 1. The highest BCUT2D eigenvalue weighted by Crippen LogP contribution is 2.28. The van der Waals surface area contributed by atoms with E-state index in [0.717, 1.165) is 31.8 Å². The fourth-order valence-electron chi connectivity index (χ4n) is 1.74. The number of nitrogens with zero attached hydrogens (tertiary/aromatic N) is 2. The van der Waals surface area contributed by atoms with Gasteiger partial charge in [-0.25, -0.2) is 9.97 Å². The standard InChI is InChI=1S/C13H12ClN3OS/c1-7-8(2)18-12(16-7)6-15-13-17-10-4-3-9(14)5-11(10)19-13/h3-5H,6H2,1-2H3,(H,15,17). The molecule has 0 saturated heterocycles. The first-order valence-electron chi connectivity index (χ1n) is 5.85. The van der Waals surface area contributed by atoms with E-state index in [1.54, 1.807) is 11.3 Å². The second-order valence-corrected chi connectivity index (χ2v) is 5.70. The Balaban J connectivity index is 1.78. The molecule has 19 heavy (non-hydrogen) atoms. The maximum atomic E-state index is 5.95. The lowest BCUT2D eigenvalue weighted by atomic mass is 10.3. The van der Waals surface area contributed by atoms with Crippen molar-refractivity contribution < 1.29 is 4.42 Å². The van der Waals surface area contributed by atoms with Gasteiger partial charge in [0.25, 0.3) is 0 Å². The molecule has 0 aliphatic carbocycles. The molecule has 3 rings (SSSR count). The Morgan fingerprint density at radius 3 is 2.89 bits per heavy atom. The number of hydrogen-bond acceptors (Lipinski definition) is 5. The van der Waals surface area contributed by atoms with Crippen molar-refractivity contribution in [3.05, 3.63) is 40.6 Å². The highest BCUT2D eigenvalue weighted by Gasteiger charge is 2.07. The van der Waals surface area contributed by atoms with E-state index in [1.165, 1.54) is 0 Å². The maximum Gasteiger partial charge on any atom is 0.214 e. The van der Waals surface area contributed by atoms with Crippen molar-refractivity contribution in [2.75, 3.05) is 5.32 Å². The van der Waals surface area contributed by atoms with Gasteiger partial charge >= 0.3 is 0 Å². The molecule has 98 valence electrons. The number of fused-ring (bicyclic) bond motifs is 1. The summed E-state index contributed by atoms with van der Waals surface area (Å²) in [6.45, 7) is 4.37. The van der Waals surface area contributed by atoms with E-state index in [0.29, 0.717) is 12.4 Å². The highest BCUT2D eigenvalue weighted by atomic mass is 35.5. The lowest BCUT2D eigenvalue weighted by Crippen LogP contribution is -1.98. The van der Waals surface area contributed by atoms with Crippen LogP contribution in [-0.2, 0) is 6.54 Å². The molecular formula is C13H12ClN3OS. The molecule has 2 heterocycles. The van der Waals surface area contributed by atoms with Gasteiger partial charge in [0.1, 0.15) is 5.76 Å². The molecule has 0 fully saturated rings. The van der Waals surface area contributed by atoms with E-state index in [4.69, 9.17) is 16.0 Å². The lowest BCUT2D eigenvalue weighted by Gasteiger charge is -1.96. The van der Waals surface area contributed by atoms with Crippen LogP contribution in [-0.4, -0.2) is 9.97 Å². The van der Waals surface area contributed by atoms with Crippen LogP contribution in [0.5, 0.6) is 0 Å². The molecule has 0 unspecified atom stereocenters. The van der Waals surface area contributed by atoms with Gasteiger partial charge in [0.05, 0.1) is 22.5 Å². The van der Waals surface area contributed by atoms with Gasteiger partial charge in [-0.3, -0.25) is 0 Å². The van der Waals surface area contributed by atoms with Gasteiger partial charge in [0.15, 0.2) is 5.13 Å². The van der Waals surface area contributed by atoms with Crippen LogP contribution >= 0.6 is 22.9 Å². The van der Waals surface area contributed by atoms with Gasteiger partial charge in [-0.15, -0.1) is 0 Å². The van der Waals surface area contributed by atoms with Crippen LogP contribution in [0.15, 0.2) is 22.6 Å². The number of oxazole rings is 1. The van der Waals surface area contributed by atoms with E-state index in [-0.39, 0.29) is 0 Å². The van der Waals surface area contributed by atoms with Crippen molar-refractivity contribution in [3.8, 4) is 0 Å². The molecule has 1 N–H and O–H groups in total. The van der Waals surface area contributed by atoms with Crippen LogP contribution in [0.3, 0.4) is 0 Å². The van der Waals surface area contributed by atoms with Gasteiger partial charge in [-0.05, 0) is 32.0 Å². The predicted octanol–water partition coefficient (Wildman–Crippen LogP) is 4.17. The summed E-state index contributed by atoms with van der Waals surface area (Å²) in [5.41, 5.74) is 1.87. The summed E-state index contributed by atoms with van der Waals surface area (Å²) in [6.07, 6.45) is 0. The molecule has 4 nitrogen and oxygen atoms in total. The van der Waals surface area contributed by atoms with Crippen LogP contribution < -0.4 is 5.32 Å². The number of anilines is 1. The molecule has 0 aliphatic heterocycles. The van der Waals surface area contributed by atoms with E-state index in [1.807, 2.05) is 32.0 Å². The lowest BCUT2D eigenvalue weighted by molar-refractivity contribution is 0.478. The summed E-state index contributed by atoms with van der Waals surface area (Å²) in [7, 11) is 0. The smallest absolute Gasteiger partial charge is 0.214 e. The SMILES string of the molecule is Cc1nc(CNc2nc3ccc(Cl)cc3s2)oc1C. The minimum atomic E-state index is 0.530. The number of nitrogens with one attached hydrogen (secondary N) is 1. The molecular weight excluding hydrogens is 282 g/mol. The summed E-state index contributed by atoms with van der Waals surface area (Å²) in [4.78, 5) is 8.80. The number of halogens is 1. The third kappa shape index (κ3) is 2.57. The Hall–Kier alpha value is -1.59. The Labute approximate surface area is 119 Å². The third-order valence-electron chi connectivity index (χ3n) is 2.81. The zero-order valence-electron chi connectivity index (χ0n) is 10.5. The Bertz CT molecular complexity index is 715. The number of aromatic nitrogens is 2. The van der Waals surface area contributed by atoms with Crippen molar-refractivity contribution in [3.63, 3.8) is 0 Å². The molecule has 0 amide bonds. The van der Waals surface area contributed by atoms with E-state index in [2.05, 4.69) is 15.3 Å². The number of thiazole rings is 1. The van der Waals surface area contributed by atoms with Crippen molar-refractivity contribution >= 4 is 38.3 Å². The first kappa shape index (κ1) is 12.4. The molecule has 3 aromatic rings. The van der Waals surface area contributed by atoms with Crippen molar-refractivity contribution in [2.24, 2.45) is 0 Å². The third-order valence-corrected chi connectivity index (χ3v) is 4.03. The molecule has 1 aromatic carbocycles. The molecule has 0 atom stereocenters. The summed E-state index contributed by atoms with van der Waals surface area (Å²) in [6, 6.07) is 5.67. The van der Waals surface area contributed by atoms with Gasteiger partial charge in [-0.2, -0.15) is 0 Å². The minimum absolute atomic E-state index is 0.530. The molecule has 6 heteroatoms. The topological polar surface area (TPSA) is 51.0 Å². The highest BCUT2D eigenvalue weighted by molar-refractivity contribution is 7.22. The van der Waals surface area contributed by atoms with Crippen molar-refractivity contribution in [1.82, 2.24) is 9.97 Å². The molecule has 0 saturated carbocycles. The average molecular weight is 294 g/mol. The van der Waals surface area contributed by atoms with Crippen molar-refractivity contribution in [2.45, 2.75) is 20.4 Å². The molecule has 0 spiro atoms. The monoisotopic (exact) mass is 293 g/mol. The Kier molecular flexibility index (Phi) is 3.16. The van der Waals surface area contributed by atoms with E-state index < -0.39 is 0 Å². The fraction of sp³-hybridized carbons (Fsp3) is 0.231. The summed E-state index contributed by atoms with van der Waals surface area (Å²) in [5.74, 6) is 1.53. The quantitative estimate of drug-likeness (QED) is 0.787. The van der Waals surface area contributed by atoms with Crippen LogP contribution in [0, 0.1) is 13.8 Å². The Morgan fingerprint density at radius 1 is 1.32 bits per heavy atom. The van der Waals surface area contributed by atoms with Gasteiger partial charge in [-0.1, -0.05) is 22.9 Å². The second-order valence-electron chi connectivity index (χ2n) is 4.23. The zero-order chi connectivity index (χ0) is 13.4. The first-order chi connectivity index (χ1) is 9.11. The first-order valence-corrected chi connectivity index (χ1v) is 7.04. The predicted molar refractivity (Wildman–Crippen MR) is 77.9 cm³/mol. The molecule has 0 bridgehead atoms. The molecule has 2 aromatic heterocycles. The summed E-state index contributed by atoms with van der Waals surface area (Å²) in [5, 5.41) is 4.78. The van der Waals surface area contributed by atoms with Gasteiger partial charge in [0, 0.05) is 5.02 Å².